The lowest BCUT2D eigenvalue weighted by Crippen LogP contribution is -2.27. The zero-order chi connectivity index (χ0) is 13.5. The topological polar surface area (TPSA) is 67.3 Å². The van der Waals surface area contributed by atoms with E-state index in [0.717, 1.165) is 6.54 Å². The van der Waals surface area contributed by atoms with Gasteiger partial charge in [-0.25, -0.2) is 0 Å². The zero-order valence-electron chi connectivity index (χ0n) is 11.3. The molecule has 6 heteroatoms. The summed E-state index contributed by atoms with van der Waals surface area (Å²) in [6.45, 7) is 5.41. The lowest BCUT2D eigenvalue weighted by molar-refractivity contribution is 0.0820. The number of amides is 1. The quantitative estimate of drug-likeness (QED) is 0.749. The molecule has 0 radical (unpaired) electrons. The first-order valence-corrected chi connectivity index (χ1v) is 5.92. The summed E-state index contributed by atoms with van der Waals surface area (Å²) in [6.07, 6.45) is 0. The zero-order valence-corrected chi connectivity index (χ0v) is 11.3. The lowest BCUT2D eigenvalue weighted by atomic mass is 10.3. The minimum Gasteiger partial charge on any atom is -0.475 e. The third-order valence-corrected chi connectivity index (χ3v) is 2.17. The molecule has 1 heterocycles. The molecular weight excluding hydrogens is 232 g/mol. The van der Waals surface area contributed by atoms with Gasteiger partial charge in [0.25, 0.3) is 5.91 Å². The van der Waals surface area contributed by atoms with E-state index in [4.69, 9.17) is 4.74 Å². The molecule has 1 rings (SSSR count). The number of nitrogens with zero attached hydrogens (tertiary/aromatic N) is 3. The number of carbonyl (C=O) groups excluding carboxylic acids is 1. The fourth-order valence-electron chi connectivity index (χ4n) is 1.24. The van der Waals surface area contributed by atoms with Gasteiger partial charge in [-0.3, -0.25) is 4.79 Å². The summed E-state index contributed by atoms with van der Waals surface area (Å²) < 4.78 is 5.39. The number of rotatable bonds is 6. The maximum Gasteiger partial charge on any atom is 0.273 e. The van der Waals surface area contributed by atoms with Crippen molar-refractivity contribution in [2.24, 2.45) is 0 Å². The van der Waals surface area contributed by atoms with Crippen LogP contribution in [0.15, 0.2) is 12.1 Å². The molecule has 0 atom stereocenters. The van der Waals surface area contributed by atoms with Crippen LogP contribution in [0.3, 0.4) is 0 Å². The van der Waals surface area contributed by atoms with Crippen LogP contribution in [-0.2, 0) is 0 Å². The fraction of sp³-hybridized carbons (Fsp3) is 0.583. The van der Waals surface area contributed by atoms with Crippen LogP contribution in [0, 0.1) is 0 Å². The molecule has 100 valence electrons. The molecule has 0 saturated carbocycles. The molecule has 1 aromatic rings. The molecule has 0 fully saturated rings. The molecule has 18 heavy (non-hydrogen) atoms. The van der Waals surface area contributed by atoms with Crippen LogP contribution in [0.1, 0.15) is 24.3 Å². The third-order valence-electron chi connectivity index (χ3n) is 2.17. The molecule has 1 aromatic heterocycles. The maximum atomic E-state index is 11.6. The van der Waals surface area contributed by atoms with Gasteiger partial charge in [0, 0.05) is 32.7 Å². The van der Waals surface area contributed by atoms with Crippen molar-refractivity contribution in [3.05, 3.63) is 17.8 Å². The molecule has 1 amide bonds. The van der Waals surface area contributed by atoms with Gasteiger partial charge in [0.15, 0.2) is 5.69 Å². The highest BCUT2D eigenvalue weighted by atomic mass is 16.5. The number of carbonyl (C=O) groups is 1. The summed E-state index contributed by atoms with van der Waals surface area (Å²) in [5.74, 6) is 0.256. The highest BCUT2D eigenvalue weighted by Crippen LogP contribution is 2.05. The molecule has 0 aliphatic carbocycles. The maximum absolute atomic E-state index is 11.6. The summed E-state index contributed by atoms with van der Waals surface area (Å²) >= 11 is 0. The van der Waals surface area contributed by atoms with Gasteiger partial charge >= 0.3 is 0 Å². The largest absolute Gasteiger partial charge is 0.475 e. The average molecular weight is 252 g/mol. The first-order valence-electron chi connectivity index (χ1n) is 5.92. The molecule has 6 nitrogen and oxygen atoms in total. The number of aromatic nitrogens is 2. The van der Waals surface area contributed by atoms with Gasteiger partial charge in [-0.1, -0.05) is 13.8 Å². The summed E-state index contributed by atoms with van der Waals surface area (Å²) in [5.41, 5.74) is 0.313. The Morgan fingerprint density at radius 1 is 1.39 bits per heavy atom. The predicted octanol–water partition coefficient (Wildman–Crippen LogP) is 0.555. The molecule has 0 aliphatic rings. The number of hydrogen-bond acceptors (Lipinski definition) is 5. The smallest absolute Gasteiger partial charge is 0.273 e. The van der Waals surface area contributed by atoms with Gasteiger partial charge in [0.1, 0.15) is 6.61 Å². The van der Waals surface area contributed by atoms with Crippen molar-refractivity contribution in [2.45, 2.75) is 19.9 Å². The summed E-state index contributed by atoms with van der Waals surface area (Å²) in [6, 6.07) is 3.69. The van der Waals surface area contributed by atoms with Crippen molar-refractivity contribution in [3.8, 4) is 5.88 Å². The van der Waals surface area contributed by atoms with Gasteiger partial charge in [0.2, 0.25) is 5.88 Å². The average Bonchev–Trinajstić information content (AvgIpc) is 2.34. The van der Waals surface area contributed by atoms with Crippen molar-refractivity contribution in [1.29, 1.82) is 0 Å². The van der Waals surface area contributed by atoms with Crippen LogP contribution in [0.2, 0.25) is 0 Å². The SMILES string of the molecule is CC(C)NCCOc1ccc(C(=O)N(C)C)nn1. The van der Waals surface area contributed by atoms with Gasteiger partial charge in [-0.2, -0.15) is 0 Å². The Labute approximate surface area is 107 Å². The van der Waals surface area contributed by atoms with Gasteiger partial charge in [-0.05, 0) is 6.07 Å². The first-order chi connectivity index (χ1) is 8.50. The molecule has 0 aromatic carbocycles. The third kappa shape index (κ3) is 4.67. The molecule has 0 spiro atoms. The van der Waals surface area contributed by atoms with Crippen LogP contribution in [0.4, 0.5) is 0 Å². The second kappa shape index (κ2) is 6.90. The second-order valence-electron chi connectivity index (χ2n) is 4.41. The Kier molecular flexibility index (Phi) is 5.51. The van der Waals surface area contributed by atoms with Crippen molar-refractivity contribution < 1.29 is 9.53 Å². The van der Waals surface area contributed by atoms with E-state index in [9.17, 15) is 4.79 Å². The highest BCUT2D eigenvalue weighted by molar-refractivity contribution is 5.91. The van der Waals surface area contributed by atoms with Crippen LogP contribution in [0.25, 0.3) is 0 Å². The van der Waals surface area contributed by atoms with E-state index >= 15 is 0 Å². The molecule has 0 saturated heterocycles. The monoisotopic (exact) mass is 252 g/mol. The molecule has 0 bridgehead atoms. The lowest BCUT2D eigenvalue weighted by Gasteiger charge is -2.10. The molecule has 0 unspecified atom stereocenters. The van der Waals surface area contributed by atoms with Gasteiger partial charge in [-0.15, -0.1) is 10.2 Å². The summed E-state index contributed by atoms with van der Waals surface area (Å²) in [7, 11) is 3.35. The number of nitrogens with one attached hydrogen (secondary N) is 1. The highest BCUT2D eigenvalue weighted by Gasteiger charge is 2.10. The van der Waals surface area contributed by atoms with Crippen molar-refractivity contribution in [3.63, 3.8) is 0 Å². The van der Waals surface area contributed by atoms with E-state index in [0.29, 0.717) is 24.2 Å². The van der Waals surface area contributed by atoms with E-state index in [1.807, 2.05) is 0 Å². The molecule has 0 aliphatic heterocycles. The molecule has 1 N–H and O–H groups in total. The first kappa shape index (κ1) is 14.4. The van der Waals surface area contributed by atoms with E-state index in [-0.39, 0.29) is 5.91 Å². The van der Waals surface area contributed by atoms with Crippen molar-refractivity contribution in [1.82, 2.24) is 20.4 Å². The normalized spacial score (nSPS) is 10.5. The summed E-state index contributed by atoms with van der Waals surface area (Å²) in [5, 5.41) is 10.9. The van der Waals surface area contributed by atoms with Gasteiger partial charge < -0.3 is 15.0 Å². The Morgan fingerprint density at radius 2 is 2.11 bits per heavy atom. The Balaban J connectivity index is 2.43. The minimum absolute atomic E-state index is 0.171. The second-order valence-corrected chi connectivity index (χ2v) is 4.41. The number of hydrogen-bond donors (Lipinski definition) is 1. The van der Waals surface area contributed by atoms with E-state index in [1.165, 1.54) is 4.90 Å². The standard InChI is InChI=1S/C12H20N4O2/c1-9(2)13-7-8-18-11-6-5-10(14-15-11)12(17)16(3)4/h5-6,9,13H,7-8H2,1-4H3. The van der Waals surface area contributed by atoms with Crippen LogP contribution < -0.4 is 10.1 Å². The Morgan fingerprint density at radius 3 is 2.61 bits per heavy atom. The fourth-order valence-corrected chi connectivity index (χ4v) is 1.24. The van der Waals surface area contributed by atoms with Crippen molar-refractivity contribution >= 4 is 5.91 Å². The predicted molar refractivity (Wildman–Crippen MR) is 68.7 cm³/mol. The van der Waals surface area contributed by atoms with Crippen LogP contribution >= 0.6 is 0 Å². The van der Waals surface area contributed by atoms with Crippen molar-refractivity contribution in [2.75, 3.05) is 27.2 Å². The van der Waals surface area contributed by atoms with E-state index < -0.39 is 0 Å². The van der Waals surface area contributed by atoms with E-state index in [2.05, 4.69) is 29.4 Å². The molecular formula is C12H20N4O2. The van der Waals surface area contributed by atoms with Gasteiger partial charge in [0.05, 0.1) is 0 Å². The van der Waals surface area contributed by atoms with Crippen LogP contribution in [0.5, 0.6) is 5.88 Å². The van der Waals surface area contributed by atoms with E-state index in [1.54, 1.807) is 26.2 Å². The Bertz CT molecular complexity index is 376. The minimum atomic E-state index is -0.171. The summed E-state index contributed by atoms with van der Waals surface area (Å²) in [4.78, 5) is 13.0. The number of ether oxygens (including phenoxy) is 1. The Hall–Kier alpha value is -1.69. The van der Waals surface area contributed by atoms with Crippen LogP contribution in [-0.4, -0.2) is 54.3 Å².